The molecule has 19 heteroatoms. The zero-order chi connectivity index (χ0) is 57.2. The molecule has 2 atom stereocenters. The number of carbonyl (C=O) groups is 4. The Morgan fingerprint density at radius 2 is 0.911 bits per heavy atom. The SMILES string of the molecule is CC(=O)Cl.COc1ccc(C2CCN(CC(N)C3CCN(C(=O)/C=C/c4cc(F)c(F)c(F)c4)CC3)CC2)cc1.COc1ccc(C2CCN(CC(NC(C)=O)C3CCN(C(=O)/C=C/c4cc(F)c(F)c(F)c4)CC3)CC2)cc1. The molecule has 0 aromatic heterocycles. The predicted molar refractivity (Wildman–Crippen MR) is 294 cm³/mol. The molecule has 4 aromatic carbocycles. The van der Waals surface area contributed by atoms with Gasteiger partial charge in [-0.05, 0) is 196 Å². The van der Waals surface area contributed by atoms with Gasteiger partial charge in [0.2, 0.25) is 23.0 Å². The molecular weight excluding hydrogens is 1050 g/mol. The Labute approximate surface area is 464 Å². The summed E-state index contributed by atoms with van der Waals surface area (Å²) < 4.78 is 90.4. The third-order valence-corrected chi connectivity index (χ3v) is 15.4. The third-order valence-electron chi connectivity index (χ3n) is 15.4. The van der Waals surface area contributed by atoms with E-state index in [1.807, 2.05) is 24.3 Å². The lowest BCUT2D eigenvalue weighted by atomic mass is 9.86. The summed E-state index contributed by atoms with van der Waals surface area (Å²) in [5.41, 5.74) is 9.45. The van der Waals surface area contributed by atoms with Crippen LogP contribution in [-0.4, -0.2) is 134 Å². The highest BCUT2D eigenvalue weighted by Gasteiger charge is 2.32. The highest BCUT2D eigenvalue weighted by atomic mass is 35.5. The van der Waals surface area contributed by atoms with Gasteiger partial charge in [-0.25, -0.2) is 26.3 Å². The fourth-order valence-electron chi connectivity index (χ4n) is 10.9. The number of likely N-dealkylation sites (tertiary alicyclic amines) is 4. The molecule has 4 saturated heterocycles. The van der Waals surface area contributed by atoms with E-state index in [-0.39, 0.29) is 52.1 Å². The first-order valence-corrected chi connectivity index (χ1v) is 27.3. The number of hydrogen-bond donors (Lipinski definition) is 2. The van der Waals surface area contributed by atoms with Crippen LogP contribution in [0.2, 0.25) is 0 Å². The molecule has 3 N–H and O–H groups in total. The Hall–Kier alpha value is -6.21. The maximum Gasteiger partial charge on any atom is 0.246 e. The number of carbonyl (C=O) groups excluding carboxylic acids is 4. The molecule has 428 valence electrons. The van der Waals surface area contributed by atoms with E-state index in [0.29, 0.717) is 43.9 Å². The molecule has 8 rings (SSSR count). The first-order chi connectivity index (χ1) is 37.8. The number of nitrogens with zero attached hydrogens (tertiary/aromatic N) is 4. The molecular formula is C60H73ClF6N6O6. The molecule has 0 spiro atoms. The van der Waals surface area contributed by atoms with Crippen molar-refractivity contribution in [2.45, 2.75) is 89.1 Å². The average molecular weight is 1120 g/mol. The van der Waals surface area contributed by atoms with Crippen LogP contribution >= 0.6 is 11.6 Å². The monoisotopic (exact) mass is 1120 g/mol. The molecule has 4 heterocycles. The number of nitrogens with one attached hydrogen (secondary N) is 1. The van der Waals surface area contributed by atoms with Crippen LogP contribution in [-0.2, 0) is 19.2 Å². The number of piperidine rings is 4. The average Bonchev–Trinajstić information content (AvgIpc) is 3.45. The van der Waals surface area contributed by atoms with Crippen molar-refractivity contribution in [3.63, 3.8) is 0 Å². The zero-order valence-corrected chi connectivity index (χ0v) is 46.1. The van der Waals surface area contributed by atoms with Gasteiger partial charge >= 0.3 is 0 Å². The van der Waals surface area contributed by atoms with Crippen LogP contribution in [0.3, 0.4) is 0 Å². The van der Waals surface area contributed by atoms with Gasteiger partial charge in [-0.2, -0.15) is 0 Å². The van der Waals surface area contributed by atoms with Crippen LogP contribution in [0.15, 0.2) is 84.9 Å². The fourth-order valence-corrected chi connectivity index (χ4v) is 10.9. The Bertz CT molecular complexity index is 2650. The van der Waals surface area contributed by atoms with Gasteiger partial charge in [-0.1, -0.05) is 24.3 Å². The molecule has 4 aliphatic rings. The van der Waals surface area contributed by atoms with Gasteiger partial charge in [-0.15, -0.1) is 0 Å². The third kappa shape index (κ3) is 19.0. The normalized spacial score (nSPS) is 18.1. The van der Waals surface area contributed by atoms with Gasteiger partial charge < -0.3 is 40.1 Å². The number of ether oxygens (including phenoxy) is 2. The van der Waals surface area contributed by atoms with Crippen molar-refractivity contribution in [1.82, 2.24) is 24.9 Å². The number of nitrogens with two attached hydrogens (primary N) is 1. The van der Waals surface area contributed by atoms with E-state index in [1.54, 1.807) is 24.0 Å². The minimum absolute atomic E-state index is 0.00186. The number of amides is 3. The van der Waals surface area contributed by atoms with Crippen LogP contribution < -0.4 is 20.5 Å². The molecule has 0 bridgehead atoms. The molecule has 0 aliphatic carbocycles. The second-order valence-corrected chi connectivity index (χ2v) is 21.3. The molecule has 4 aliphatic heterocycles. The Kier molecular flexibility index (Phi) is 23.9. The Balaban J connectivity index is 0.000000240. The molecule has 79 heavy (non-hydrogen) atoms. The van der Waals surface area contributed by atoms with Crippen molar-refractivity contribution in [2.75, 3.05) is 79.7 Å². The lowest BCUT2D eigenvalue weighted by Crippen LogP contribution is -2.52. The minimum atomic E-state index is -1.53. The van der Waals surface area contributed by atoms with Gasteiger partial charge in [0.05, 0.1) is 14.2 Å². The molecule has 4 aromatic rings. The maximum absolute atomic E-state index is 13.4. The van der Waals surface area contributed by atoms with Crippen molar-refractivity contribution in [1.29, 1.82) is 0 Å². The van der Waals surface area contributed by atoms with E-state index in [2.05, 4.69) is 51.0 Å². The Morgan fingerprint density at radius 3 is 1.25 bits per heavy atom. The summed E-state index contributed by atoms with van der Waals surface area (Å²) in [5, 5.41) is 2.78. The zero-order valence-electron chi connectivity index (χ0n) is 45.4. The maximum atomic E-state index is 13.4. The molecule has 2 unspecified atom stereocenters. The summed E-state index contributed by atoms with van der Waals surface area (Å²) in [6.07, 6.45) is 12.6. The number of benzene rings is 4. The summed E-state index contributed by atoms with van der Waals surface area (Å²) in [4.78, 5) is 54.7. The second-order valence-electron chi connectivity index (χ2n) is 20.7. The van der Waals surface area contributed by atoms with Crippen LogP contribution in [0.5, 0.6) is 11.5 Å². The first kappa shape index (κ1) is 62.0. The van der Waals surface area contributed by atoms with Crippen LogP contribution in [0.25, 0.3) is 12.2 Å². The van der Waals surface area contributed by atoms with Crippen LogP contribution in [0, 0.1) is 46.7 Å². The van der Waals surface area contributed by atoms with E-state index >= 15 is 0 Å². The molecule has 3 amide bonds. The topological polar surface area (TPSA) is 138 Å². The van der Waals surface area contributed by atoms with E-state index in [4.69, 9.17) is 15.2 Å². The van der Waals surface area contributed by atoms with Crippen molar-refractivity contribution in [2.24, 2.45) is 17.6 Å². The van der Waals surface area contributed by atoms with Crippen molar-refractivity contribution >= 4 is 46.7 Å². The van der Waals surface area contributed by atoms with Crippen LogP contribution in [0.4, 0.5) is 26.3 Å². The quantitative estimate of drug-likeness (QED) is 0.0516. The van der Waals surface area contributed by atoms with E-state index < -0.39 is 34.9 Å². The lowest BCUT2D eigenvalue weighted by molar-refractivity contribution is -0.128. The minimum Gasteiger partial charge on any atom is -0.497 e. The number of rotatable bonds is 15. The number of halogens is 7. The van der Waals surface area contributed by atoms with Crippen molar-refractivity contribution in [3.8, 4) is 11.5 Å². The van der Waals surface area contributed by atoms with Gasteiger partial charge in [0.25, 0.3) is 0 Å². The molecule has 4 fully saturated rings. The van der Waals surface area contributed by atoms with Crippen LogP contribution in [0.1, 0.15) is 99.3 Å². The van der Waals surface area contributed by atoms with Gasteiger partial charge in [0.1, 0.15) is 11.5 Å². The van der Waals surface area contributed by atoms with Crippen molar-refractivity contribution in [3.05, 3.63) is 142 Å². The van der Waals surface area contributed by atoms with E-state index in [1.165, 1.54) is 49.3 Å². The summed E-state index contributed by atoms with van der Waals surface area (Å²) in [7, 11) is 3.35. The van der Waals surface area contributed by atoms with Gasteiger partial charge in [0.15, 0.2) is 34.9 Å². The van der Waals surface area contributed by atoms with Crippen molar-refractivity contribution < 1.29 is 55.0 Å². The molecule has 0 saturated carbocycles. The fraction of sp³-hybridized carbons (Fsp3) is 0.467. The smallest absolute Gasteiger partial charge is 0.246 e. The predicted octanol–water partition coefficient (Wildman–Crippen LogP) is 10.1. The van der Waals surface area contributed by atoms with Gasteiger partial charge in [0, 0.05) is 77.4 Å². The van der Waals surface area contributed by atoms with E-state index in [9.17, 15) is 45.5 Å². The summed E-state index contributed by atoms with van der Waals surface area (Å²) >= 11 is 4.64. The lowest BCUT2D eigenvalue weighted by Gasteiger charge is -2.40. The number of hydrogen-bond acceptors (Lipinski definition) is 9. The van der Waals surface area contributed by atoms with Gasteiger partial charge in [-0.3, -0.25) is 19.2 Å². The summed E-state index contributed by atoms with van der Waals surface area (Å²) in [6.45, 7) is 10.7. The highest BCUT2D eigenvalue weighted by Crippen LogP contribution is 2.32. The Morgan fingerprint density at radius 1 is 0.570 bits per heavy atom. The van der Waals surface area contributed by atoms with E-state index in [0.717, 1.165) is 126 Å². The number of methoxy groups -OCH3 is 2. The molecule has 0 radical (unpaired) electrons. The summed E-state index contributed by atoms with van der Waals surface area (Å²) in [5.74, 6) is -5.35. The summed E-state index contributed by atoms with van der Waals surface area (Å²) in [6, 6.07) is 20.1. The molecule has 12 nitrogen and oxygen atoms in total. The largest absolute Gasteiger partial charge is 0.497 e. The standard InChI is InChI=1S/C30H36F3N3O3.C28H34F3N3O2.C2H3ClO/c1-20(37)34-28(19-35-13-9-23(10-14-35)22-4-6-25(39-2)7-5-22)24-11-15-36(16-12-24)29(38)8-3-21-17-26(31)30(33)27(32)18-21;1-36-23-5-3-20(4-6-23)21-8-12-33(13-9-21)18-26(32)22-10-14-34(15-11-22)27(35)7-2-19-16-24(29)28(31)25(30)17-19;1-2(3)4/h3-8,17-18,23-24,28H,9-16,19H2,1-2H3,(H,34,37);2-7,16-17,21-22,26H,8-15,18,32H2,1H3;1H3/b8-3+;7-2+;. The second kappa shape index (κ2) is 30.4. The first-order valence-electron chi connectivity index (χ1n) is 26.9. The highest BCUT2D eigenvalue weighted by molar-refractivity contribution is 6.62.